The van der Waals surface area contributed by atoms with E-state index in [1.54, 1.807) is 7.11 Å². The number of hydrogen-bond donors (Lipinski definition) is 0. The maximum Gasteiger partial charge on any atom is 0.232 e. The third-order valence-corrected chi connectivity index (χ3v) is 5.57. The van der Waals surface area contributed by atoms with Gasteiger partial charge in [0, 0.05) is 30.6 Å². The van der Waals surface area contributed by atoms with Gasteiger partial charge in [0.2, 0.25) is 17.6 Å². The number of carbonyl (C=O) groups is 1. The minimum Gasteiger partial charge on any atom is -0.496 e. The molecule has 1 aliphatic heterocycles. The van der Waals surface area contributed by atoms with Crippen LogP contribution in [-0.4, -0.2) is 34.6 Å². The predicted molar refractivity (Wildman–Crippen MR) is 114 cm³/mol. The third kappa shape index (κ3) is 4.08. The maximum atomic E-state index is 12.6. The molecule has 1 aromatic heterocycles. The van der Waals surface area contributed by atoms with Crippen LogP contribution < -0.4 is 4.74 Å². The molecule has 0 aliphatic carbocycles. The number of rotatable bonds is 5. The zero-order chi connectivity index (χ0) is 21.3. The van der Waals surface area contributed by atoms with Gasteiger partial charge in [-0.3, -0.25) is 4.79 Å². The lowest BCUT2D eigenvalue weighted by atomic mass is 9.87. The van der Waals surface area contributed by atoms with Crippen molar-refractivity contribution in [2.24, 2.45) is 0 Å². The molecule has 1 aliphatic rings. The summed E-state index contributed by atoms with van der Waals surface area (Å²) in [4.78, 5) is 19.0. The predicted octanol–water partition coefficient (Wildman–Crippen LogP) is 4.56. The van der Waals surface area contributed by atoms with Gasteiger partial charge in [-0.25, -0.2) is 0 Å². The van der Waals surface area contributed by atoms with Crippen molar-refractivity contribution in [2.75, 3.05) is 13.7 Å². The van der Waals surface area contributed by atoms with Crippen LogP contribution in [0, 0.1) is 0 Å². The first-order chi connectivity index (χ1) is 14.3. The number of amides is 1. The van der Waals surface area contributed by atoms with E-state index in [4.69, 9.17) is 9.26 Å². The molecular weight excluding hydrogens is 378 g/mol. The quantitative estimate of drug-likeness (QED) is 0.622. The van der Waals surface area contributed by atoms with Crippen molar-refractivity contribution in [3.8, 4) is 17.1 Å². The van der Waals surface area contributed by atoms with Crippen molar-refractivity contribution < 1.29 is 14.1 Å². The normalized spacial score (nSPS) is 16.9. The van der Waals surface area contributed by atoms with Crippen LogP contribution in [0.2, 0.25) is 0 Å². The van der Waals surface area contributed by atoms with Gasteiger partial charge in [0.05, 0.1) is 13.0 Å². The number of carbonyl (C=O) groups excluding carboxylic acids is 1. The number of aromatic nitrogens is 2. The van der Waals surface area contributed by atoms with Gasteiger partial charge in [-0.1, -0.05) is 68.4 Å². The molecule has 156 valence electrons. The molecule has 4 rings (SSSR count). The Morgan fingerprint density at radius 2 is 1.87 bits per heavy atom. The Labute approximate surface area is 176 Å². The number of nitrogens with zero attached hydrogens (tertiary/aromatic N) is 3. The summed E-state index contributed by atoms with van der Waals surface area (Å²) in [5, 5.41) is 4.15. The van der Waals surface area contributed by atoms with Gasteiger partial charge < -0.3 is 14.2 Å². The summed E-state index contributed by atoms with van der Waals surface area (Å²) in [5.41, 5.74) is 3.24. The van der Waals surface area contributed by atoms with E-state index in [1.807, 2.05) is 41.3 Å². The first kappa shape index (κ1) is 20.1. The molecule has 1 atom stereocenters. The van der Waals surface area contributed by atoms with Crippen LogP contribution >= 0.6 is 0 Å². The molecule has 1 fully saturated rings. The molecular formula is C24H27N3O3. The molecule has 2 heterocycles. The van der Waals surface area contributed by atoms with Crippen molar-refractivity contribution in [1.29, 1.82) is 0 Å². The molecule has 0 radical (unpaired) electrons. The van der Waals surface area contributed by atoms with E-state index in [1.165, 1.54) is 5.56 Å². The number of ether oxygens (including phenoxy) is 1. The van der Waals surface area contributed by atoms with E-state index in [0.717, 1.165) is 16.9 Å². The molecule has 1 saturated heterocycles. The van der Waals surface area contributed by atoms with Gasteiger partial charge in [-0.05, 0) is 17.0 Å². The van der Waals surface area contributed by atoms with Crippen molar-refractivity contribution >= 4 is 5.91 Å². The van der Waals surface area contributed by atoms with Crippen LogP contribution in [0.5, 0.6) is 5.75 Å². The highest BCUT2D eigenvalue weighted by Gasteiger charge is 2.34. The van der Waals surface area contributed by atoms with E-state index < -0.39 is 0 Å². The maximum absolute atomic E-state index is 12.6. The fourth-order valence-corrected chi connectivity index (χ4v) is 3.77. The Morgan fingerprint density at radius 3 is 2.57 bits per heavy atom. The highest BCUT2D eigenvalue weighted by Crippen LogP contribution is 2.31. The van der Waals surface area contributed by atoms with Gasteiger partial charge >= 0.3 is 0 Å². The summed E-state index contributed by atoms with van der Waals surface area (Å²) >= 11 is 0. The summed E-state index contributed by atoms with van der Waals surface area (Å²) in [7, 11) is 1.64. The molecule has 0 N–H and O–H groups in total. The van der Waals surface area contributed by atoms with E-state index in [2.05, 4.69) is 43.0 Å². The van der Waals surface area contributed by atoms with E-state index in [0.29, 0.717) is 31.2 Å². The number of likely N-dealkylation sites (tertiary alicyclic amines) is 1. The highest BCUT2D eigenvalue weighted by atomic mass is 16.5. The highest BCUT2D eigenvalue weighted by molar-refractivity contribution is 5.79. The fraction of sp³-hybridized carbons (Fsp3) is 0.375. The molecule has 3 aromatic rings. The molecule has 6 heteroatoms. The van der Waals surface area contributed by atoms with Crippen LogP contribution in [0.1, 0.15) is 50.1 Å². The molecule has 0 spiro atoms. The average molecular weight is 405 g/mol. The second kappa shape index (κ2) is 7.94. The molecule has 6 nitrogen and oxygen atoms in total. The minimum atomic E-state index is -0.0951. The summed E-state index contributed by atoms with van der Waals surface area (Å²) in [5.74, 6) is 1.84. The monoisotopic (exact) mass is 405 g/mol. The summed E-state index contributed by atoms with van der Waals surface area (Å²) in [6.07, 6.45) is 0.375. The smallest absolute Gasteiger partial charge is 0.232 e. The molecule has 1 unspecified atom stereocenters. The zero-order valence-electron chi connectivity index (χ0n) is 17.9. The first-order valence-electron chi connectivity index (χ1n) is 10.2. The van der Waals surface area contributed by atoms with Crippen LogP contribution in [0.25, 0.3) is 11.4 Å². The van der Waals surface area contributed by atoms with Crippen molar-refractivity contribution in [1.82, 2.24) is 15.0 Å². The molecule has 1 amide bonds. The average Bonchev–Trinajstić information content (AvgIpc) is 3.35. The van der Waals surface area contributed by atoms with Gasteiger partial charge in [-0.2, -0.15) is 4.98 Å². The Kier molecular flexibility index (Phi) is 5.33. The van der Waals surface area contributed by atoms with E-state index in [-0.39, 0.29) is 17.2 Å². The number of para-hydroxylation sites is 1. The third-order valence-electron chi connectivity index (χ3n) is 5.57. The first-order valence-corrected chi connectivity index (χ1v) is 10.2. The Balaban J connectivity index is 1.47. The number of methoxy groups -OCH3 is 1. The molecule has 2 aromatic carbocycles. The van der Waals surface area contributed by atoms with Gasteiger partial charge in [0.1, 0.15) is 5.75 Å². The van der Waals surface area contributed by atoms with Crippen molar-refractivity contribution in [3.63, 3.8) is 0 Å². The molecule has 0 bridgehead atoms. The Bertz CT molecular complexity index is 1030. The van der Waals surface area contributed by atoms with Crippen LogP contribution in [0.3, 0.4) is 0 Å². The standard InChI is InChI=1S/C24H27N3O3/c1-24(2,3)19-11-9-16(10-12-19)22-25-23(30-26-22)18-13-21(28)27(15-18)14-17-7-5-6-8-20(17)29-4/h5-12,18H,13-15H2,1-4H3. The second-order valence-corrected chi connectivity index (χ2v) is 8.77. The topological polar surface area (TPSA) is 68.5 Å². The van der Waals surface area contributed by atoms with Gasteiger partial charge in [0.25, 0.3) is 0 Å². The van der Waals surface area contributed by atoms with Crippen LogP contribution in [-0.2, 0) is 16.8 Å². The molecule has 30 heavy (non-hydrogen) atoms. The SMILES string of the molecule is COc1ccccc1CN1CC(c2nc(-c3ccc(C(C)(C)C)cc3)no2)CC1=O. The zero-order valence-corrected chi connectivity index (χ0v) is 17.9. The largest absolute Gasteiger partial charge is 0.496 e. The van der Waals surface area contributed by atoms with Crippen molar-refractivity contribution in [3.05, 3.63) is 65.5 Å². The lowest BCUT2D eigenvalue weighted by molar-refractivity contribution is -0.128. The minimum absolute atomic E-state index is 0.0835. The second-order valence-electron chi connectivity index (χ2n) is 8.77. The van der Waals surface area contributed by atoms with Gasteiger partial charge in [-0.15, -0.1) is 0 Å². The van der Waals surface area contributed by atoms with Crippen molar-refractivity contribution in [2.45, 2.75) is 45.1 Å². The van der Waals surface area contributed by atoms with Crippen LogP contribution in [0.4, 0.5) is 0 Å². The number of hydrogen-bond acceptors (Lipinski definition) is 5. The van der Waals surface area contributed by atoms with Gasteiger partial charge in [0.15, 0.2) is 0 Å². The molecule has 0 saturated carbocycles. The lowest BCUT2D eigenvalue weighted by Gasteiger charge is -2.18. The van der Waals surface area contributed by atoms with Crippen LogP contribution in [0.15, 0.2) is 53.1 Å². The Morgan fingerprint density at radius 1 is 1.13 bits per heavy atom. The summed E-state index contributed by atoms with van der Waals surface area (Å²) < 4.78 is 10.9. The van der Waals surface area contributed by atoms with E-state index in [9.17, 15) is 4.79 Å². The Hall–Kier alpha value is -3.15. The van der Waals surface area contributed by atoms with E-state index >= 15 is 0 Å². The lowest BCUT2D eigenvalue weighted by Crippen LogP contribution is -2.24. The fourth-order valence-electron chi connectivity index (χ4n) is 3.77. The summed E-state index contributed by atoms with van der Waals surface area (Å²) in [6, 6.07) is 16.0. The summed E-state index contributed by atoms with van der Waals surface area (Å²) in [6.45, 7) is 7.61. The number of benzene rings is 2.